The first-order valence-corrected chi connectivity index (χ1v) is 6.58. The van der Waals surface area contributed by atoms with Gasteiger partial charge < -0.3 is 9.64 Å². The Morgan fingerprint density at radius 1 is 1.12 bits per heavy atom. The van der Waals surface area contributed by atoms with Gasteiger partial charge in [0.1, 0.15) is 0 Å². The minimum absolute atomic E-state index is 0.865. The molecule has 3 heteroatoms. The summed E-state index contributed by atoms with van der Waals surface area (Å²) in [6.07, 6.45) is 1.07. The molecule has 0 saturated carbocycles. The van der Waals surface area contributed by atoms with Gasteiger partial charge in [0.15, 0.2) is 0 Å². The molecule has 0 bridgehead atoms. The SMILES string of the molecule is C1=C(N2CCOCC2)Cc2ccccc2S1. The summed E-state index contributed by atoms with van der Waals surface area (Å²) in [6.45, 7) is 3.80. The molecule has 2 aliphatic rings. The van der Waals surface area contributed by atoms with Crippen molar-refractivity contribution in [3.63, 3.8) is 0 Å². The third-order valence-electron chi connectivity index (χ3n) is 3.08. The van der Waals surface area contributed by atoms with Gasteiger partial charge in [-0.1, -0.05) is 30.0 Å². The summed E-state index contributed by atoms with van der Waals surface area (Å²) in [6, 6.07) is 8.67. The van der Waals surface area contributed by atoms with Crippen molar-refractivity contribution in [2.24, 2.45) is 0 Å². The van der Waals surface area contributed by atoms with Crippen LogP contribution >= 0.6 is 11.8 Å². The molecule has 16 heavy (non-hydrogen) atoms. The van der Waals surface area contributed by atoms with E-state index in [0.29, 0.717) is 0 Å². The predicted octanol–water partition coefficient (Wildman–Crippen LogP) is 2.51. The molecule has 0 aromatic heterocycles. The van der Waals surface area contributed by atoms with Crippen LogP contribution in [-0.2, 0) is 11.2 Å². The van der Waals surface area contributed by atoms with Crippen LogP contribution in [0.1, 0.15) is 5.56 Å². The minimum atomic E-state index is 0.865. The Kier molecular flexibility index (Phi) is 2.89. The Balaban J connectivity index is 1.77. The maximum absolute atomic E-state index is 5.38. The zero-order valence-corrected chi connectivity index (χ0v) is 10.0. The van der Waals surface area contributed by atoms with Gasteiger partial charge in [-0.25, -0.2) is 0 Å². The fraction of sp³-hybridized carbons (Fsp3) is 0.385. The van der Waals surface area contributed by atoms with Crippen LogP contribution in [-0.4, -0.2) is 31.2 Å². The van der Waals surface area contributed by atoms with E-state index in [9.17, 15) is 0 Å². The molecule has 0 aliphatic carbocycles. The highest BCUT2D eigenvalue weighted by Gasteiger charge is 2.18. The van der Waals surface area contributed by atoms with Gasteiger partial charge in [-0.2, -0.15) is 0 Å². The van der Waals surface area contributed by atoms with Crippen LogP contribution in [0.15, 0.2) is 40.3 Å². The zero-order valence-electron chi connectivity index (χ0n) is 9.19. The number of benzene rings is 1. The lowest BCUT2D eigenvalue weighted by Gasteiger charge is -2.32. The number of allylic oxidation sites excluding steroid dienone is 1. The molecule has 84 valence electrons. The van der Waals surface area contributed by atoms with Gasteiger partial charge in [0, 0.05) is 30.1 Å². The van der Waals surface area contributed by atoms with Gasteiger partial charge in [0.25, 0.3) is 0 Å². The van der Waals surface area contributed by atoms with Gasteiger partial charge in [-0.15, -0.1) is 0 Å². The lowest BCUT2D eigenvalue weighted by molar-refractivity contribution is 0.0527. The van der Waals surface area contributed by atoms with Crippen molar-refractivity contribution in [1.29, 1.82) is 0 Å². The first-order valence-electron chi connectivity index (χ1n) is 5.70. The van der Waals surface area contributed by atoms with Gasteiger partial charge in [-0.3, -0.25) is 0 Å². The van der Waals surface area contributed by atoms with E-state index in [1.54, 1.807) is 0 Å². The molecule has 1 aromatic carbocycles. The molecular formula is C13H15NOS. The highest BCUT2D eigenvalue weighted by Crippen LogP contribution is 2.33. The fourth-order valence-corrected chi connectivity index (χ4v) is 3.11. The summed E-state index contributed by atoms with van der Waals surface area (Å²) in [5, 5.41) is 2.30. The molecule has 0 N–H and O–H groups in total. The number of thioether (sulfide) groups is 1. The molecule has 3 rings (SSSR count). The van der Waals surface area contributed by atoms with Crippen molar-refractivity contribution in [3.8, 4) is 0 Å². The quantitative estimate of drug-likeness (QED) is 0.739. The van der Waals surface area contributed by atoms with Crippen LogP contribution in [0, 0.1) is 0 Å². The molecule has 0 radical (unpaired) electrons. The second-order valence-electron chi connectivity index (χ2n) is 4.11. The van der Waals surface area contributed by atoms with Gasteiger partial charge in [-0.05, 0) is 17.0 Å². The maximum atomic E-state index is 5.38. The van der Waals surface area contributed by atoms with Crippen LogP contribution in [0.5, 0.6) is 0 Å². The molecule has 0 spiro atoms. The minimum Gasteiger partial charge on any atom is -0.378 e. The highest BCUT2D eigenvalue weighted by molar-refractivity contribution is 8.02. The van der Waals surface area contributed by atoms with Gasteiger partial charge >= 0.3 is 0 Å². The number of nitrogens with zero attached hydrogens (tertiary/aromatic N) is 1. The standard InChI is InChI=1S/C13H15NOS/c1-2-4-13-11(3-1)9-12(10-16-13)14-5-7-15-8-6-14/h1-4,10H,5-9H2. The molecule has 0 unspecified atom stereocenters. The highest BCUT2D eigenvalue weighted by atomic mass is 32.2. The zero-order chi connectivity index (χ0) is 10.8. The van der Waals surface area contributed by atoms with Crippen molar-refractivity contribution < 1.29 is 4.74 Å². The first kappa shape index (κ1) is 10.2. The van der Waals surface area contributed by atoms with Crippen LogP contribution in [0.4, 0.5) is 0 Å². The largest absolute Gasteiger partial charge is 0.378 e. The molecule has 1 fully saturated rings. The molecule has 2 aliphatic heterocycles. The molecular weight excluding hydrogens is 218 g/mol. The van der Waals surface area contributed by atoms with E-state index in [2.05, 4.69) is 34.6 Å². The van der Waals surface area contributed by atoms with E-state index in [1.165, 1.54) is 16.2 Å². The summed E-state index contributed by atoms with van der Waals surface area (Å²) in [5.41, 5.74) is 2.91. The Labute approximate surface area is 100 Å². The summed E-state index contributed by atoms with van der Waals surface area (Å²) in [7, 11) is 0. The van der Waals surface area contributed by atoms with Crippen molar-refractivity contribution >= 4 is 11.8 Å². The molecule has 1 aromatic rings. The monoisotopic (exact) mass is 233 g/mol. The number of morpholine rings is 1. The lowest BCUT2D eigenvalue weighted by Crippen LogP contribution is -2.36. The summed E-state index contributed by atoms with van der Waals surface area (Å²) in [5.74, 6) is 0. The average molecular weight is 233 g/mol. The molecule has 2 nitrogen and oxygen atoms in total. The van der Waals surface area contributed by atoms with E-state index >= 15 is 0 Å². The number of ether oxygens (including phenoxy) is 1. The Hall–Kier alpha value is -0.930. The Bertz CT molecular complexity index is 410. The number of rotatable bonds is 1. The second-order valence-corrected chi connectivity index (χ2v) is 5.02. The van der Waals surface area contributed by atoms with Gasteiger partial charge in [0.05, 0.1) is 13.2 Å². The van der Waals surface area contributed by atoms with E-state index in [0.717, 1.165) is 32.7 Å². The number of hydrogen-bond acceptors (Lipinski definition) is 3. The summed E-state index contributed by atoms with van der Waals surface area (Å²) >= 11 is 1.85. The van der Waals surface area contributed by atoms with E-state index < -0.39 is 0 Å². The van der Waals surface area contributed by atoms with Crippen LogP contribution in [0.25, 0.3) is 0 Å². The Morgan fingerprint density at radius 3 is 2.81 bits per heavy atom. The lowest BCUT2D eigenvalue weighted by atomic mass is 10.1. The van der Waals surface area contributed by atoms with E-state index in [-0.39, 0.29) is 0 Å². The van der Waals surface area contributed by atoms with Crippen molar-refractivity contribution in [1.82, 2.24) is 4.90 Å². The van der Waals surface area contributed by atoms with Crippen molar-refractivity contribution in [2.45, 2.75) is 11.3 Å². The summed E-state index contributed by atoms with van der Waals surface area (Å²) in [4.78, 5) is 3.85. The van der Waals surface area contributed by atoms with E-state index in [4.69, 9.17) is 4.74 Å². The first-order chi connectivity index (χ1) is 7.93. The smallest absolute Gasteiger partial charge is 0.0642 e. The summed E-state index contributed by atoms with van der Waals surface area (Å²) < 4.78 is 5.38. The van der Waals surface area contributed by atoms with Crippen LogP contribution in [0.2, 0.25) is 0 Å². The third kappa shape index (κ3) is 1.97. The Morgan fingerprint density at radius 2 is 1.94 bits per heavy atom. The normalized spacial score (nSPS) is 20.2. The average Bonchev–Trinajstić information content (AvgIpc) is 2.39. The van der Waals surface area contributed by atoms with Crippen molar-refractivity contribution in [3.05, 3.63) is 40.9 Å². The van der Waals surface area contributed by atoms with Gasteiger partial charge in [0.2, 0.25) is 0 Å². The second kappa shape index (κ2) is 4.52. The number of fused-ring (bicyclic) bond motifs is 1. The molecule has 2 heterocycles. The predicted molar refractivity (Wildman–Crippen MR) is 66.5 cm³/mol. The molecule has 0 atom stereocenters. The third-order valence-corrected chi connectivity index (χ3v) is 4.13. The fourth-order valence-electron chi connectivity index (χ4n) is 2.17. The molecule has 0 amide bonds. The maximum Gasteiger partial charge on any atom is 0.0642 e. The number of hydrogen-bond donors (Lipinski definition) is 0. The topological polar surface area (TPSA) is 12.5 Å². The molecule has 1 saturated heterocycles. The van der Waals surface area contributed by atoms with E-state index in [1.807, 2.05) is 11.8 Å². The van der Waals surface area contributed by atoms with Crippen molar-refractivity contribution in [2.75, 3.05) is 26.3 Å². The van der Waals surface area contributed by atoms with Crippen LogP contribution in [0.3, 0.4) is 0 Å². The van der Waals surface area contributed by atoms with Crippen LogP contribution < -0.4 is 0 Å².